The number of methoxy groups -OCH3 is 1. The van der Waals surface area contributed by atoms with E-state index in [0.29, 0.717) is 35.8 Å². The number of carbonyl (C=O) groups excluding carboxylic acids is 1. The molecule has 1 amide bonds. The minimum absolute atomic E-state index is 0.189. The minimum atomic E-state index is -0.189. The molecule has 1 N–H and O–H groups in total. The van der Waals surface area contributed by atoms with Crippen molar-refractivity contribution in [3.63, 3.8) is 0 Å². The van der Waals surface area contributed by atoms with Crippen LogP contribution in [0.1, 0.15) is 21.5 Å². The van der Waals surface area contributed by atoms with Gasteiger partial charge in [0.1, 0.15) is 13.7 Å². The van der Waals surface area contributed by atoms with Gasteiger partial charge in [-0.15, -0.1) is 0 Å². The van der Waals surface area contributed by atoms with E-state index in [9.17, 15) is 4.79 Å². The van der Waals surface area contributed by atoms with Crippen LogP contribution in [0.4, 0.5) is 5.69 Å². The largest absolute Gasteiger partial charge is 0.493 e. The molecule has 0 atom stereocenters. The van der Waals surface area contributed by atoms with E-state index in [1.807, 2.05) is 43.3 Å². The second kappa shape index (κ2) is 12.6. The number of carbonyl (C=O) groups is 1. The normalized spacial score (nSPS) is 11.0. The Bertz CT molecular complexity index is 1160. The Balaban J connectivity index is 1.69. The Morgan fingerprint density at radius 3 is 2.43 bits per heavy atom. The van der Waals surface area contributed by atoms with Gasteiger partial charge in [0.05, 0.1) is 7.11 Å². The van der Waals surface area contributed by atoms with Gasteiger partial charge in [0.15, 0.2) is 11.5 Å². The molecule has 0 radical (unpaired) electrons. The molecule has 0 aromatic heterocycles. The van der Waals surface area contributed by atoms with Crippen molar-refractivity contribution in [1.29, 1.82) is 0 Å². The van der Waals surface area contributed by atoms with Crippen molar-refractivity contribution in [2.45, 2.75) is 13.3 Å². The highest BCUT2D eigenvalue weighted by atomic mass is 16.6. The van der Waals surface area contributed by atoms with E-state index in [-0.39, 0.29) is 5.91 Å². The predicted octanol–water partition coefficient (Wildman–Crippen LogP) is 5.04. The molecule has 0 aliphatic rings. The van der Waals surface area contributed by atoms with Gasteiger partial charge >= 0.3 is 0 Å². The summed E-state index contributed by atoms with van der Waals surface area (Å²) in [6.07, 6.45) is 2.45. The molecule has 0 spiro atoms. The number of likely N-dealkylation sites (N-methyl/N-ethyl adjacent to an activating group) is 1. The fourth-order valence-corrected chi connectivity index (χ4v) is 3.60. The highest BCUT2D eigenvalue weighted by molar-refractivity contribution is 6.04. The molecule has 3 rings (SSSR count). The molecular weight excluding hydrogens is 442 g/mol. The van der Waals surface area contributed by atoms with Gasteiger partial charge in [0.25, 0.3) is 5.91 Å². The van der Waals surface area contributed by atoms with Crippen LogP contribution in [-0.4, -0.2) is 58.5 Å². The molecular formula is C28H33N3O4. The number of ether oxygens (including phenoxy) is 2. The molecule has 3 aromatic rings. The Labute approximate surface area is 207 Å². The lowest BCUT2D eigenvalue weighted by Gasteiger charge is -2.15. The summed E-state index contributed by atoms with van der Waals surface area (Å²) in [4.78, 5) is 19.6. The Hall–Kier alpha value is -3.84. The third-order valence-corrected chi connectivity index (χ3v) is 5.47. The van der Waals surface area contributed by atoms with Crippen LogP contribution >= 0.6 is 0 Å². The maximum Gasteiger partial charge on any atom is 0.255 e. The first-order valence-corrected chi connectivity index (χ1v) is 11.4. The first-order valence-electron chi connectivity index (χ1n) is 11.4. The van der Waals surface area contributed by atoms with E-state index in [1.54, 1.807) is 31.5 Å². The second-order valence-electron chi connectivity index (χ2n) is 8.37. The monoisotopic (exact) mass is 475 g/mol. The maximum atomic E-state index is 12.9. The van der Waals surface area contributed by atoms with Gasteiger partial charge < -0.3 is 24.5 Å². The zero-order valence-corrected chi connectivity index (χ0v) is 21.0. The Kier molecular flexibility index (Phi) is 9.26. The number of anilines is 1. The molecule has 0 bridgehead atoms. The van der Waals surface area contributed by atoms with E-state index >= 15 is 0 Å². The molecule has 184 valence electrons. The summed E-state index contributed by atoms with van der Waals surface area (Å²) in [5, 5.41) is 6.73. The molecule has 3 aromatic carbocycles. The number of benzene rings is 3. The van der Waals surface area contributed by atoms with E-state index in [4.69, 9.17) is 14.3 Å². The number of hydrogen-bond acceptors (Lipinski definition) is 6. The summed E-state index contributed by atoms with van der Waals surface area (Å²) in [7, 11) is 7.10. The summed E-state index contributed by atoms with van der Waals surface area (Å²) in [6, 6.07) is 19.3. The van der Waals surface area contributed by atoms with Gasteiger partial charge in [-0.25, -0.2) is 0 Å². The third-order valence-electron chi connectivity index (χ3n) is 5.47. The summed E-state index contributed by atoms with van der Waals surface area (Å²) < 4.78 is 11.2. The summed E-state index contributed by atoms with van der Waals surface area (Å²) in [5.41, 5.74) is 5.71. The number of aryl methyl sites for hydroxylation is 1. The molecule has 0 aliphatic carbocycles. The van der Waals surface area contributed by atoms with Gasteiger partial charge in [-0.05, 0) is 67.5 Å². The van der Waals surface area contributed by atoms with E-state index in [0.717, 1.165) is 28.8 Å². The van der Waals surface area contributed by atoms with Crippen LogP contribution in [-0.2, 0) is 11.3 Å². The van der Waals surface area contributed by atoms with Gasteiger partial charge in [-0.2, -0.15) is 0 Å². The van der Waals surface area contributed by atoms with Gasteiger partial charge in [0.2, 0.25) is 0 Å². The Morgan fingerprint density at radius 2 is 1.77 bits per heavy atom. The average Bonchev–Trinajstić information content (AvgIpc) is 2.84. The fourth-order valence-electron chi connectivity index (χ4n) is 3.60. The number of hydrogen-bond donors (Lipinski definition) is 1. The number of nitrogens with one attached hydrogen (secondary N) is 1. The lowest BCUT2D eigenvalue weighted by Crippen LogP contribution is -2.19. The highest BCUT2D eigenvalue weighted by Crippen LogP contribution is 2.31. The van der Waals surface area contributed by atoms with E-state index < -0.39 is 0 Å². The van der Waals surface area contributed by atoms with Crippen LogP contribution in [0, 0.1) is 6.92 Å². The third kappa shape index (κ3) is 7.32. The van der Waals surface area contributed by atoms with Crippen LogP contribution in [0.25, 0.3) is 11.1 Å². The van der Waals surface area contributed by atoms with Crippen molar-refractivity contribution in [3.05, 3.63) is 77.4 Å². The molecule has 0 heterocycles. The van der Waals surface area contributed by atoms with Crippen LogP contribution in [0.15, 0.2) is 65.8 Å². The van der Waals surface area contributed by atoms with Crippen LogP contribution in [0.5, 0.6) is 11.5 Å². The molecule has 0 aliphatic heterocycles. The zero-order chi connectivity index (χ0) is 25.2. The molecule has 7 heteroatoms. The predicted molar refractivity (Wildman–Crippen MR) is 141 cm³/mol. The van der Waals surface area contributed by atoms with Crippen molar-refractivity contribution in [2.75, 3.05) is 46.8 Å². The van der Waals surface area contributed by atoms with Crippen molar-refractivity contribution in [1.82, 2.24) is 4.90 Å². The number of amides is 1. The topological polar surface area (TPSA) is 72.4 Å². The lowest BCUT2D eigenvalue weighted by atomic mass is 9.97. The second-order valence-corrected chi connectivity index (χ2v) is 8.37. The van der Waals surface area contributed by atoms with Crippen LogP contribution in [0.3, 0.4) is 0 Å². The SMILES string of the molecule is CON=CCc1ccc(-c2ccc(C(=O)Nc3ccc(OC)c(OCCN(C)C)c3)cc2)c(C)c1. The summed E-state index contributed by atoms with van der Waals surface area (Å²) in [5.74, 6) is 1.03. The van der Waals surface area contributed by atoms with Crippen molar-refractivity contribution in [2.24, 2.45) is 5.16 Å². The van der Waals surface area contributed by atoms with Gasteiger partial charge in [0, 0.05) is 36.5 Å². The molecule has 0 unspecified atom stereocenters. The summed E-state index contributed by atoms with van der Waals surface area (Å²) in [6.45, 7) is 3.37. The first kappa shape index (κ1) is 25.8. The first-order chi connectivity index (χ1) is 16.9. The molecule has 0 saturated heterocycles. The maximum absolute atomic E-state index is 12.9. The van der Waals surface area contributed by atoms with E-state index in [2.05, 4.69) is 35.6 Å². The van der Waals surface area contributed by atoms with Gasteiger partial charge in [-0.3, -0.25) is 4.79 Å². The minimum Gasteiger partial charge on any atom is -0.493 e. The smallest absolute Gasteiger partial charge is 0.255 e. The fraction of sp³-hybridized carbons (Fsp3) is 0.286. The standard InChI is InChI=1S/C28H33N3O4/c1-20-18-21(14-15-29-34-5)6-12-25(20)22-7-9-23(10-8-22)28(32)30-24-11-13-26(33-4)27(19-24)35-17-16-31(2)3/h6-13,15,18-19H,14,16-17H2,1-5H3,(H,30,32). The molecule has 0 saturated carbocycles. The Morgan fingerprint density at radius 1 is 1.00 bits per heavy atom. The summed E-state index contributed by atoms with van der Waals surface area (Å²) >= 11 is 0. The highest BCUT2D eigenvalue weighted by Gasteiger charge is 2.11. The van der Waals surface area contributed by atoms with Crippen molar-refractivity contribution < 1.29 is 19.1 Å². The molecule has 0 fully saturated rings. The van der Waals surface area contributed by atoms with E-state index in [1.165, 1.54) is 7.11 Å². The van der Waals surface area contributed by atoms with Crippen molar-refractivity contribution >= 4 is 17.8 Å². The molecule has 35 heavy (non-hydrogen) atoms. The number of rotatable bonds is 11. The van der Waals surface area contributed by atoms with Crippen molar-refractivity contribution in [3.8, 4) is 22.6 Å². The average molecular weight is 476 g/mol. The van der Waals surface area contributed by atoms with Crippen LogP contribution < -0.4 is 14.8 Å². The zero-order valence-electron chi connectivity index (χ0n) is 21.0. The quantitative estimate of drug-likeness (QED) is 0.311. The van der Waals surface area contributed by atoms with Crippen LogP contribution in [0.2, 0.25) is 0 Å². The molecule has 7 nitrogen and oxygen atoms in total. The van der Waals surface area contributed by atoms with Gasteiger partial charge in [-0.1, -0.05) is 35.5 Å². The number of nitrogens with zero attached hydrogens (tertiary/aromatic N) is 2. The lowest BCUT2D eigenvalue weighted by molar-refractivity contribution is 0.102. The number of oxime groups is 1.